The Bertz CT molecular complexity index is 1640. The summed E-state index contributed by atoms with van der Waals surface area (Å²) in [6.07, 6.45) is 5.61. The van der Waals surface area contributed by atoms with E-state index in [2.05, 4.69) is 25.0 Å². The van der Waals surface area contributed by atoms with E-state index in [9.17, 15) is 13.6 Å². The minimum Gasteiger partial charge on any atom is -0.433 e. The molecule has 0 spiro atoms. The van der Waals surface area contributed by atoms with Crippen LogP contribution in [0, 0.1) is 6.92 Å². The van der Waals surface area contributed by atoms with Crippen molar-refractivity contribution >= 4 is 17.2 Å². The van der Waals surface area contributed by atoms with Crippen molar-refractivity contribution < 1.29 is 13.5 Å². The summed E-state index contributed by atoms with van der Waals surface area (Å²) in [5, 5.41) is 7.98. The van der Waals surface area contributed by atoms with Crippen molar-refractivity contribution in [3.63, 3.8) is 0 Å². The topological polar surface area (TPSA) is 125 Å². The Balaban J connectivity index is 1.61. The van der Waals surface area contributed by atoms with Crippen molar-refractivity contribution in [2.75, 3.05) is 11.1 Å². The third kappa shape index (κ3) is 4.56. The summed E-state index contributed by atoms with van der Waals surface area (Å²) in [5.41, 5.74) is 8.56. The molecule has 188 valence electrons. The standard InChI is InChI=1S/C25H22F2N8O2/c1-14-8-9-34-20(14)24(36)35(17-6-4-3-5-7-17)23(33-34)15(2)32-22-19(21(28)30-13-31-22)16-10-18(12-29-11-16)37-25(26)27/h3-13,15,25H,1-2H3,(H3,28,30,31,32). The first-order chi connectivity index (χ1) is 17.8. The van der Waals surface area contributed by atoms with Gasteiger partial charge in [0.1, 0.15) is 29.2 Å². The molecular weight excluding hydrogens is 482 g/mol. The average Bonchev–Trinajstić information content (AvgIpc) is 3.25. The van der Waals surface area contributed by atoms with Crippen molar-refractivity contribution in [1.82, 2.24) is 29.1 Å². The van der Waals surface area contributed by atoms with Crippen LogP contribution in [-0.2, 0) is 0 Å². The number of anilines is 2. The van der Waals surface area contributed by atoms with Crippen LogP contribution in [0.2, 0.25) is 0 Å². The number of nitrogens with zero attached hydrogens (tertiary/aromatic N) is 6. The highest BCUT2D eigenvalue weighted by Crippen LogP contribution is 2.34. The summed E-state index contributed by atoms with van der Waals surface area (Å²) in [6, 6.07) is 11.8. The molecular formula is C25H22F2N8O2. The van der Waals surface area contributed by atoms with E-state index in [1.54, 1.807) is 15.3 Å². The molecule has 0 radical (unpaired) electrons. The monoisotopic (exact) mass is 504 g/mol. The number of aryl methyl sites for hydroxylation is 1. The van der Waals surface area contributed by atoms with Crippen LogP contribution < -0.4 is 21.3 Å². The summed E-state index contributed by atoms with van der Waals surface area (Å²) in [5.74, 6) is 0.678. The Kier molecular flexibility index (Phi) is 6.22. The van der Waals surface area contributed by atoms with Gasteiger partial charge < -0.3 is 15.8 Å². The molecule has 0 aliphatic carbocycles. The molecule has 37 heavy (non-hydrogen) atoms. The molecule has 0 bridgehead atoms. The lowest BCUT2D eigenvalue weighted by atomic mass is 10.1. The number of aromatic nitrogens is 6. The maximum atomic E-state index is 13.6. The molecule has 4 aromatic heterocycles. The summed E-state index contributed by atoms with van der Waals surface area (Å²) >= 11 is 0. The molecule has 0 amide bonds. The number of fused-ring (bicyclic) bond motifs is 1. The second-order valence-corrected chi connectivity index (χ2v) is 8.26. The van der Waals surface area contributed by atoms with Crippen molar-refractivity contribution in [2.24, 2.45) is 0 Å². The van der Waals surface area contributed by atoms with Crippen LogP contribution in [0.4, 0.5) is 20.4 Å². The van der Waals surface area contributed by atoms with Crippen LogP contribution in [0.5, 0.6) is 5.75 Å². The SMILES string of the molecule is Cc1ccn2nc(C(C)Nc3ncnc(N)c3-c3cncc(OC(F)F)c3)n(-c3ccccc3)c(=O)c12. The number of hydrogen-bond donors (Lipinski definition) is 2. The average molecular weight is 505 g/mol. The number of pyridine rings is 1. The van der Waals surface area contributed by atoms with E-state index < -0.39 is 12.7 Å². The van der Waals surface area contributed by atoms with Crippen LogP contribution >= 0.6 is 0 Å². The maximum absolute atomic E-state index is 13.6. The lowest BCUT2D eigenvalue weighted by Crippen LogP contribution is -2.29. The van der Waals surface area contributed by atoms with E-state index in [0.29, 0.717) is 34.0 Å². The highest BCUT2D eigenvalue weighted by Gasteiger charge is 2.22. The van der Waals surface area contributed by atoms with E-state index in [1.807, 2.05) is 50.2 Å². The fraction of sp³-hybridized carbons (Fsp3) is 0.160. The molecule has 1 aromatic carbocycles. The van der Waals surface area contributed by atoms with Crippen molar-refractivity contribution in [3.8, 4) is 22.6 Å². The number of benzene rings is 1. The molecule has 3 N–H and O–H groups in total. The van der Waals surface area contributed by atoms with E-state index in [0.717, 1.165) is 5.56 Å². The molecule has 10 nitrogen and oxygen atoms in total. The number of nitrogens with two attached hydrogens (primary N) is 1. The zero-order chi connectivity index (χ0) is 26.1. The number of halogens is 2. The fourth-order valence-corrected chi connectivity index (χ4v) is 4.12. The summed E-state index contributed by atoms with van der Waals surface area (Å²) in [6.45, 7) is 0.664. The highest BCUT2D eigenvalue weighted by molar-refractivity contribution is 5.83. The van der Waals surface area contributed by atoms with E-state index in [1.165, 1.54) is 24.8 Å². The molecule has 5 rings (SSSR count). The van der Waals surface area contributed by atoms with Crippen LogP contribution in [0.3, 0.4) is 0 Å². The minimum absolute atomic E-state index is 0.102. The second kappa shape index (κ2) is 9.64. The molecule has 0 aliphatic heterocycles. The molecule has 0 saturated carbocycles. The number of rotatable bonds is 7. The third-order valence-electron chi connectivity index (χ3n) is 5.77. The molecule has 1 unspecified atom stereocenters. The quantitative estimate of drug-likeness (QED) is 0.341. The number of ether oxygens (including phenoxy) is 1. The van der Waals surface area contributed by atoms with Crippen molar-refractivity contribution in [2.45, 2.75) is 26.5 Å². The molecule has 12 heteroatoms. The number of para-hydroxylation sites is 1. The van der Waals surface area contributed by atoms with Crippen molar-refractivity contribution in [3.05, 3.63) is 89.1 Å². The Labute approximate surface area is 209 Å². The fourth-order valence-electron chi connectivity index (χ4n) is 4.12. The second-order valence-electron chi connectivity index (χ2n) is 8.26. The molecule has 5 aromatic rings. The van der Waals surface area contributed by atoms with Gasteiger partial charge in [0.05, 0.1) is 23.5 Å². The number of hydrogen-bond acceptors (Lipinski definition) is 8. The van der Waals surface area contributed by atoms with Crippen molar-refractivity contribution in [1.29, 1.82) is 0 Å². The van der Waals surface area contributed by atoms with Gasteiger partial charge in [-0.05, 0) is 43.7 Å². The first-order valence-electron chi connectivity index (χ1n) is 11.3. The Morgan fingerprint density at radius 3 is 2.65 bits per heavy atom. The molecule has 1 atom stereocenters. The summed E-state index contributed by atoms with van der Waals surface area (Å²) in [4.78, 5) is 25.9. The molecule has 0 saturated heterocycles. The van der Waals surface area contributed by atoms with E-state index >= 15 is 0 Å². The Morgan fingerprint density at radius 2 is 1.89 bits per heavy atom. The van der Waals surface area contributed by atoms with E-state index in [-0.39, 0.29) is 17.1 Å². The van der Waals surface area contributed by atoms with Gasteiger partial charge in [-0.1, -0.05) is 18.2 Å². The zero-order valence-electron chi connectivity index (χ0n) is 19.8. The number of nitrogens with one attached hydrogen (secondary N) is 1. The first-order valence-corrected chi connectivity index (χ1v) is 11.3. The zero-order valence-corrected chi connectivity index (χ0v) is 19.8. The summed E-state index contributed by atoms with van der Waals surface area (Å²) in [7, 11) is 0. The number of nitrogen functional groups attached to an aromatic ring is 1. The molecule has 0 fully saturated rings. The largest absolute Gasteiger partial charge is 0.433 e. The number of alkyl halides is 2. The van der Waals surface area contributed by atoms with Gasteiger partial charge in [0.2, 0.25) is 0 Å². The molecule has 0 aliphatic rings. The summed E-state index contributed by atoms with van der Waals surface area (Å²) < 4.78 is 33.1. The Morgan fingerprint density at radius 1 is 1.11 bits per heavy atom. The van der Waals surface area contributed by atoms with Gasteiger partial charge in [0, 0.05) is 18.0 Å². The highest BCUT2D eigenvalue weighted by atomic mass is 19.3. The lowest BCUT2D eigenvalue weighted by molar-refractivity contribution is -0.0500. The van der Waals surface area contributed by atoms with Gasteiger partial charge in [-0.3, -0.25) is 14.3 Å². The minimum atomic E-state index is -3.01. The van der Waals surface area contributed by atoms with Crippen LogP contribution in [0.15, 0.2) is 72.2 Å². The smallest absolute Gasteiger partial charge is 0.387 e. The maximum Gasteiger partial charge on any atom is 0.387 e. The van der Waals surface area contributed by atoms with Gasteiger partial charge in [-0.2, -0.15) is 13.9 Å². The molecule has 4 heterocycles. The normalized spacial score (nSPS) is 12.1. The van der Waals surface area contributed by atoms with Crippen LogP contribution in [0.25, 0.3) is 22.3 Å². The third-order valence-corrected chi connectivity index (χ3v) is 5.77. The van der Waals surface area contributed by atoms with Crippen LogP contribution in [-0.4, -0.2) is 35.7 Å². The van der Waals surface area contributed by atoms with Gasteiger partial charge in [-0.25, -0.2) is 14.5 Å². The Hall–Kier alpha value is -4.87. The van der Waals surface area contributed by atoms with Gasteiger partial charge in [-0.15, -0.1) is 0 Å². The predicted molar refractivity (Wildman–Crippen MR) is 134 cm³/mol. The van der Waals surface area contributed by atoms with Gasteiger partial charge >= 0.3 is 6.61 Å². The van der Waals surface area contributed by atoms with Gasteiger partial charge in [0.15, 0.2) is 5.82 Å². The predicted octanol–water partition coefficient (Wildman–Crippen LogP) is 4.00. The lowest BCUT2D eigenvalue weighted by Gasteiger charge is -2.21. The van der Waals surface area contributed by atoms with Gasteiger partial charge in [0.25, 0.3) is 5.56 Å². The van der Waals surface area contributed by atoms with Crippen LogP contribution in [0.1, 0.15) is 24.4 Å². The first kappa shape index (κ1) is 23.9. The van der Waals surface area contributed by atoms with E-state index in [4.69, 9.17) is 10.8 Å².